The third kappa shape index (κ3) is 5.65. The molecule has 0 saturated carbocycles. The van der Waals surface area contributed by atoms with Crippen molar-refractivity contribution in [3.8, 4) is 5.75 Å². The van der Waals surface area contributed by atoms with E-state index < -0.39 is 12.1 Å². The van der Waals surface area contributed by atoms with Gasteiger partial charge in [0.05, 0.1) is 28.7 Å². The fourth-order valence-corrected chi connectivity index (χ4v) is 4.38. The molecule has 0 N–H and O–H groups in total. The Bertz CT molecular complexity index is 1290. The number of carbonyl (C=O) groups is 1. The van der Waals surface area contributed by atoms with Gasteiger partial charge in [-0.2, -0.15) is 9.78 Å². The van der Waals surface area contributed by atoms with Gasteiger partial charge in [0, 0.05) is 21.0 Å². The molecule has 3 aromatic rings. The monoisotopic (exact) mass is 597 g/mol. The molecular formula is C23H22Br2ClN3O4. The predicted molar refractivity (Wildman–Crippen MR) is 137 cm³/mol. The third-order valence-corrected chi connectivity index (χ3v) is 6.36. The van der Waals surface area contributed by atoms with Crippen LogP contribution in [0.25, 0.3) is 10.9 Å². The Hall–Kier alpha value is -2.23. The van der Waals surface area contributed by atoms with Crippen molar-refractivity contribution in [1.82, 2.24) is 9.66 Å². The molecule has 7 nitrogen and oxygen atoms in total. The lowest BCUT2D eigenvalue weighted by atomic mass is 10.1. The molecule has 0 bridgehead atoms. The van der Waals surface area contributed by atoms with E-state index in [1.165, 1.54) is 18.0 Å². The van der Waals surface area contributed by atoms with Gasteiger partial charge in [0.15, 0.2) is 6.10 Å². The number of carbonyl (C=O) groups excluding carboxylic acids is 1. The van der Waals surface area contributed by atoms with Crippen LogP contribution in [0.1, 0.15) is 44.5 Å². The van der Waals surface area contributed by atoms with Crippen molar-refractivity contribution in [2.24, 2.45) is 5.10 Å². The lowest BCUT2D eigenvalue weighted by molar-refractivity contribution is -0.147. The molecular weight excluding hydrogens is 578 g/mol. The summed E-state index contributed by atoms with van der Waals surface area (Å²) in [5.41, 5.74) is 0.784. The lowest BCUT2D eigenvalue weighted by Gasteiger charge is -2.17. The highest BCUT2D eigenvalue weighted by Crippen LogP contribution is 2.33. The van der Waals surface area contributed by atoms with E-state index in [0.717, 1.165) is 10.9 Å². The molecule has 0 aliphatic carbocycles. The number of methoxy groups -OCH3 is 1. The summed E-state index contributed by atoms with van der Waals surface area (Å²) in [5, 5.41) is 5.33. The minimum Gasteiger partial charge on any atom is -0.477 e. The Morgan fingerprint density at radius 2 is 2.00 bits per heavy atom. The van der Waals surface area contributed by atoms with Gasteiger partial charge in [-0.15, -0.1) is 0 Å². The van der Waals surface area contributed by atoms with Crippen LogP contribution in [0.2, 0.25) is 5.02 Å². The van der Waals surface area contributed by atoms with E-state index >= 15 is 0 Å². The van der Waals surface area contributed by atoms with Crippen molar-refractivity contribution in [2.45, 2.75) is 39.2 Å². The molecule has 0 saturated heterocycles. The quantitative estimate of drug-likeness (QED) is 0.249. The number of esters is 1. The molecule has 0 aliphatic heterocycles. The first kappa shape index (κ1) is 25.4. The average molecular weight is 600 g/mol. The third-order valence-electron chi connectivity index (χ3n) is 5.06. The van der Waals surface area contributed by atoms with Gasteiger partial charge in [-0.3, -0.25) is 4.79 Å². The van der Waals surface area contributed by atoms with Gasteiger partial charge in [0.2, 0.25) is 0 Å². The van der Waals surface area contributed by atoms with Crippen LogP contribution in [0.4, 0.5) is 0 Å². The summed E-state index contributed by atoms with van der Waals surface area (Å²) < 4.78 is 13.1. The van der Waals surface area contributed by atoms with Gasteiger partial charge in [0.1, 0.15) is 11.6 Å². The number of ether oxygens (including phenoxy) is 2. The minimum absolute atomic E-state index is 0.0101. The number of halogens is 3. The summed E-state index contributed by atoms with van der Waals surface area (Å²) in [6.45, 7) is 5.58. The number of aromatic nitrogens is 2. The number of rotatable bonds is 7. The average Bonchev–Trinajstić information content (AvgIpc) is 2.79. The second-order valence-corrected chi connectivity index (χ2v) is 9.60. The topological polar surface area (TPSA) is 82.8 Å². The van der Waals surface area contributed by atoms with Crippen LogP contribution in [0.15, 0.2) is 49.2 Å². The van der Waals surface area contributed by atoms with E-state index in [1.54, 1.807) is 31.2 Å². The summed E-state index contributed by atoms with van der Waals surface area (Å²) in [6.07, 6.45) is 1.38. The van der Waals surface area contributed by atoms with Gasteiger partial charge in [-0.25, -0.2) is 9.78 Å². The molecule has 1 aromatic heterocycles. The van der Waals surface area contributed by atoms with Gasteiger partial charge in [0.25, 0.3) is 5.56 Å². The van der Waals surface area contributed by atoms with E-state index in [9.17, 15) is 9.59 Å². The van der Waals surface area contributed by atoms with Crippen molar-refractivity contribution in [2.75, 3.05) is 7.11 Å². The Morgan fingerprint density at radius 3 is 2.67 bits per heavy atom. The second kappa shape index (κ2) is 10.8. The van der Waals surface area contributed by atoms with Crippen LogP contribution >= 0.6 is 43.5 Å². The summed E-state index contributed by atoms with van der Waals surface area (Å²) in [7, 11) is 1.29. The van der Waals surface area contributed by atoms with Crippen LogP contribution < -0.4 is 10.3 Å². The molecule has 3 rings (SSSR count). The smallest absolute Gasteiger partial charge is 0.346 e. The highest BCUT2D eigenvalue weighted by molar-refractivity contribution is 9.10. The largest absolute Gasteiger partial charge is 0.477 e. The Balaban J connectivity index is 2.17. The zero-order chi connectivity index (χ0) is 24.3. The van der Waals surface area contributed by atoms with Gasteiger partial charge < -0.3 is 9.47 Å². The molecule has 0 aliphatic rings. The van der Waals surface area contributed by atoms with Crippen molar-refractivity contribution < 1.29 is 14.3 Å². The first-order chi connectivity index (χ1) is 15.7. The van der Waals surface area contributed by atoms with E-state index in [1.807, 2.05) is 19.9 Å². The maximum absolute atomic E-state index is 13.3. The van der Waals surface area contributed by atoms with Crippen molar-refractivity contribution in [1.29, 1.82) is 0 Å². The fraction of sp³-hybridized carbons (Fsp3) is 0.304. The first-order valence-corrected chi connectivity index (χ1v) is 12.1. The summed E-state index contributed by atoms with van der Waals surface area (Å²) in [6, 6.07) is 8.64. The molecule has 0 spiro atoms. The molecule has 0 fully saturated rings. The standard InChI is InChI=1S/C23H22Br2ClN3O4/c1-5-12(2)21-28-19-7-6-15(24)9-17(19)22(30)29(21)27-11-14-8-16(26)10-18(25)20(14)33-13(3)23(31)32-4/h6-13H,5H2,1-4H3/t12-,13-/m0/s1. The Labute approximate surface area is 213 Å². The molecule has 0 amide bonds. The van der Waals surface area contributed by atoms with Crippen LogP contribution in [0, 0.1) is 0 Å². The highest BCUT2D eigenvalue weighted by atomic mass is 79.9. The maximum Gasteiger partial charge on any atom is 0.346 e. The number of hydrogen-bond acceptors (Lipinski definition) is 6. The molecule has 174 valence electrons. The molecule has 2 aromatic carbocycles. The van der Waals surface area contributed by atoms with Crippen LogP contribution in [0.3, 0.4) is 0 Å². The molecule has 33 heavy (non-hydrogen) atoms. The summed E-state index contributed by atoms with van der Waals surface area (Å²) >= 11 is 13.1. The molecule has 0 radical (unpaired) electrons. The number of benzene rings is 2. The van der Waals surface area contributed by atoms with E-state index in [2.05, 4.69) is 37.0 Å². The van der Waals surface area contributed by atoms with Crippen LogP contribution in [-0.4, -0.2) is 35.1 Å². The number of fused-ring (bicyclic) bond motifs is 1. The Morgan fingerprint density at radius 1 is 1.27 bits per heavy atom. The molecule has 0 unspecified atom stereocenters. The van der Waals surface area contributed by atoms with Gasteiger partial charge in [-0.05, 0) is 59.6 Å². The SMILES string of the molecule is CC[C@H](C)c1nc2ccc(Br)cc2c(=O)n1N=Cc1cc(Cl)cc(Br)c1O[C@@H](C)C(=O)OC. The van der Waals surface area contributed by atoms with E-state index in [0.29, 0.717) is 37.5 Å². The second-order valence-electron chi connectivity index (χ2n) is 7.39. The van der Waals surface area contributed by atoms with Crippen LogP contribution in [-0.2, 0) is 9.53 Å². The summed E-state index contributed by atoms with van der Waals surface area (Å²) in [4.78, 5) is 29.9. The zero-order valence-corrected chi connectivity index (χ0v) is 22.4. The number of nitrogens with zero attached hydrogens (tertiary/aromatic N) is 3. The lowest BCUT2D eigenvalue weighted by Crippen LogP contribution is -2.26. The number of hydrogen-bond donors (Lipinski definition) is 0. The van der Waals surface area contributed by atoms with E-state index in [-0.39, 0.29) is 11.5 Å². The van der Waals surface area contributed by atoms with Crippen molar-refractivity contribution in [3.05, 3.63) is 66.0 Å². The fourth-order valence-electron chi connectivity index (χ4n) is 3.09. The van der Waals surface area contributed by atoms with Crippen LogP contribution in [0.5, 0.6) is 5.75 Å². The Kier molecular flexibility index (Phi) is 8.31. The first-order valence-electron chi connectivity index (χ1n) is 10.2. The molecule has 1 heterocycles. The normalized spacial score (nSPS) is 13.3. The highest BCUT2D eigenvalue weighted by Gasteiger charge is 2.20. The van der Waals surface area contributed by atoms with E-state index in [4.69, 9.17) is 26.1 Å². The zero-order valence-electron chi connectivity index (χ0n) is 18.4. The predicted octanol–water partition coefficient (Wildman–Crippen LogP) is 5.91. The summed E-state index contributed by atoms with van der Waals surface area (Å²) in [5.74, 6) is 0.346. The van der Waals surface area contributed by atoms with Gasteiger partial charge >= 0.3 is 5.97 Å². The molecule has 10 heteroatoms. The minimum atomic E-state index is -0.863. The molecule has 2 atom stereocenters. The van der Waals surface area contributed by atoms with Gasteiger partial charge in [-0.1, -0.05) is 41.4 Å². The maximum atomic E-state index is 13.3. The van der Waals surface area contributed by atoms with Crippen molar-refractivity contribution in [3.63, 3.8) is 0 Å². The van der Waals surface area contributed by atoms with Crippen molar-refractivity contribution >= 4 is 66.5 Å².